The van der Waals surface area contributed by atoms with E-state index in [2.05, 4.69) is 4.72 Å². The van der Waals surface area contributed by atoms with E-state index in [0.29, 0.717) is 53.4 Å². The minimum atomic E-state index is -3.88. The first kappa shape index (κ1) is 21.6. The fourth-order valence-corrected chi connectivity index (χ4v) is 4.18. The molecular formula is C23H23NO7S. The van der Waals surface area contributed by atoms with Gasteiger partial charge in [0.15, 0.2) is 23.0 Å². The summed E-state index contributed by atoms with van der Waals surface area (Å²) >= 11 is 0. The lowest BCUT2D eigenvalue weighted by Gasteiger charge is -2.14. The molecule has 0 aromatic heterocycles. The highest BCUT2D eigenvalue weighted by atomic mass is 32.2. The second kappa shape index (κ2) is 9.27. The summed E-state index contributed by atoms with van der Waals surface area (Å²) in [6.07, 6.45) is 0.734. The molecule has 0 bridgehead atoms. The molecule has 0 fully saturated rings. The molecule has 0 unspecified atom stereocenters. The van der Waals surface area contributed by atoms with Crippen LogP contribution >= 0.6 is 0 Å². The van der Waals surface area contributed by atoms with Crippen molar-refractivity contribution in [3.05, 3.63) is 60.7 Å². The maximum absolute atomic E-state index is 13.0. The molecule has 3 aromatic carbocycles. The number of benzene rings is 3. The van der Waals surface area contributed by atoms with Gasteiger partial charge in [0.1, 0.15) is 11.5 Å². The van der Waals surface area contributed by atoms with Gasteiger partial charge in [0.25, 0.3) is 10.0 Å². The first-order valence-electron chi connectivity index (χ1n) is 9.91. The van der Waals surface area contributed by atoms with Crippen molar-refractivity contribution in [3.8, 4) is 34.5 Å². The molecule has 0 atom stereocenters. The lowest BCUT2D eigenvalue weighted by molar-refractivity contribution is 0.297. The van der Waals surface area contributed by atoms with Gasteiger partial charge in [-0.15, -0.1) is 0 Å². The summed E-state index contributed by atoms with van der Waals surface area (Å²) in [7, 11) is -0.783. The van der Waals surface area contributed by atoms with Crippen molar-refractivity contribution in [1.82, 2.24) is 0 Å². The van der Waals surface area contributed by atoms with Crippen molar-refractivity contribution in [3.63, 3.8) is 0 Å². The molecule has 168 valence electrons. The van der Waals surface area contributed by atoms with Crippen LogP contribution < -0.4 is 28.4 Å². The Morgan fingerprint density at radius 3 is 2.22 bits per heavy atom. The van der Waals surface area contributed by atoms with Crippen LogP contribution in [-0.4, -0.2) is 35.9 Å². The number of fused-ring (bicyclic) bond motifs is 1. The lowest BCUT2D eigenvalue weighted by Crippen LogP contribution is -2.13. The summed E-state index contributed by atoms with van der Waals surface area (Å²) in [6, 6.07) is 16.3. The predicted octanol–water partition coefficient (Wildman–Crippen LogP) is 4.46. The Hall–Kier alpha value is -3.59. The highest BCUT2D eigenvalue weighted by Crippen LogP contribution is 2.36. The Morgan fingerprint density at radius 2 is 1.50 bits per heavy atom. The largest absolute Gasteiger partial charge is 0.497 e. The second-order valence-corrected chi connectivity index (χ2v) is 8.59. The third kappa shape index (κ3) is 4.83. The maximum atomic E-state index is 13.0. The highest BCUT2D eigenvalue weighted by molar-refractivity contribution is 7.92. The van der Waals surface area contributed by atoms with Crippen molar-refractivity contribution in [2.24, 2.45) is 0 Å². The molecule has 1 N–H and O–H groups in total. The molecule has 0 amide bonds. The number of rotatable bonds is 7. The molecule has 4 rings (SSSR count). The van der Waals surface area contributed by atoms with E-state index in [1.165, 1.54) is 19.2 Å². The molecule has 1 aliphatic heterocycles. The second-order valence-electron chi connectivity index (χ2n) is 6.91. The maximum Gasteiger partial charge on any atom is 0.262 e. The number of sulfonamides is 1. The van der Waals surface area contributed by atoms with Gasteiger partial charge in [0.05, 0.1) is 38.0 Å². The average Bonchev–Trinajstić information content (AvgIpc) is 3.04. The van der Waals surface area contributed by atoms with Crippen LogP contribution in [0.15, 0.2) is 65.6 Å². The number of hydrogen-bond donors (Lipinski definition) is 1. The van der Waals surface area contributed by atoms with Crippen LogP contribution in [0.4, 0.5) is 5.69 Å². The molecule has 0 aliphatic carbocycles. The molecule has 8 nitrogen and oxygen atoms in total. The summed E-state index contributed by atoms with van der Waals surface area (Å²) in [4.78, 5) is 0.0650. The van der Waals surface area contributed by atoms with E-state index < -0.39 is 10.0 Å². The van der Waals surface area contributed by atoms with Crippen LogP contribution in [0.25, 0.3) is 0 Å². The van der Waals surface area contributed by atoms with E-state index in [-0.39, 0.29) is 4.90 Å². The molecule has 3 aromatic rings. The van der Waals surface area contributed by atoms with E-state index in [1.807, 2.05) is 0 Å². The lowest BCUT2D eigenvalue weighted by atomic mass is 10.2. The number of anilines is 1. The zero-order valence-corrected chi connectivity index (χ0v) is 18.5. The van der Waals surface area contributed by atoms with Crippen molar-refractivity contribution in [2.75, 3.05) is 32.2 Å². The van der Waals surface area contributed by atoms with Gasteiger partial charge in [-0.25, -0.2) is 8.42 Å². The summed E-state index contributed by atoms with van der Waals surface area (Å²) in [5.74, 6) is 2.99. The number of nitrogens with one attached hydrogen (secondary N) is 1. The number of methoxy groups -OCH3 is 2. The van der Waals surface area contributed by atoms with Gasteiger partial charge in [-0.05, 0) is 48.5 Å². The minimum Gasteiger partial charge on any atom is -0.497 e. The van der Waals surface area contributed by atoms with Gasteiger partial charge in [0.2, 0.25) is 0 Å². The van der Waals surface area contributed by atoms with Crippen LogP contribution in [0.1, 0.15) is 6.42 Å². The van der Waals surface area contributed by atoms with Crippen molar-refractivity contribution < 1.29 is 32.1 Å². The van der Waals surface area contributed by atoms with Crippen LogP contribution in [0.5, 0.6) is 34.5 Å². The van der Waals surface area contributed by atoms with Gasteiger partial charge in [-0.2, -0.15) is 0 Å². The standard InChI is InChI=1S/C23H23NO7S/c1-27-17-5-7-18(8-6-17)31-23-14-16(4-10-20(23)28-2)24-32(25,26)19-9-11-21-22(15-19)30-13-3-12-29-21/h4-11,14-15,24H,3,12-13H2,1-2H3. The quantitative estimate of drug-likeness (QED) is 0.560. The first-order valence-corrected chi connectivity index (χ1v) is 11.4. The smallest absolute Gasteiger partial charge is 0.262 e. The van der Waals surface area contributed by atoms with Gasteiger partial charge in [0, 0.05) is 18.6 Å². The average molecular weight is 458 g/mol. The zero-order valence-electron chi connectivity index (χ0n) is 17.7. The number of hydrogen-bond acceptors (Lipinski definition) is 7. The highest BCUT2D eigenvalue weighted by Gasteiger charge is 2.20. The summed E-state index contributed by atoms with van der Waals surface area (Å²) in [5.41, 5.74) is 0.321. The molecule has 0 saturated heterocycles. The topological polar surface area (TPSA) is 92.3 Å². The summed E-state index contributed by atoms with van der Waals surface area (Å²) in [5, 5.41) is 0. The third-order valence-corrected chi connectivity index (χ3v) is 6.11. The van der Waals surface area contributed by atoms with Crippen LogP contribution in [0, 0.1) is 0 Å². The monoisotopic (exact) mass is 457 g/mol. The molecule has 0 radical (unpaired) electrons. The van der Waals surface area contributed by atoms with Crippen LogP contribution in [-0.2, 0) is 10.0 Å². The molecule has 32 heavy (non-hydrogen) atoms. The Morgan fingerprint density at radius 1 is 0.781 bits per heavy atom. The molecular weight excluding hydrogens is 434 g/mol. The van der Waals surface area contributed by atoms with E-state index in [0.717, 1.165) is 6.42 Å². The summed E-state index contributed by atoms with van der Waals surface area (Å²) in [6.45, 7) is 0.995. The van der Waals surface area contributed by atoms with Crippen molar-refractivity contribution in [1.29, 1.82) is 0 Å². The zero-order chi connectivity index (χ0) is 22.6. The van der Waals surface area contributed by atoms with Gasteiger partial charge in [-0.1, -0.05) is 0 Å². The third-order valence-electron chi connectivity index (χ3n) is 4.73. The summed E-state index contributed by atoms with van der Waals surface area (Å²) < 4.78 is 56.1. The SMILES string of the molecule is COc1ccc(Oc2cc(NS(=O)(=O)c3ccc4c(c3)OCCCO4)ccc2OC)cc1. The van der Waals surface area contributed by atoms with Crippen molar-refractivity contribution >= 4 is 15.7 Å². The molecule has 0 spiro atoms. The van der Waals surface area contributed by atoms with Crippen LogP contribution in [0.3, 0.4) is 0 Å². The first-order chi connectivity index (χ1) is 15.5. The number of ether oxygens (including phenoxy) is 5. The van der Waals surface area contributed by atoms with E-state index >= 15 is 0 Å². The van der Waals surface area contributed by atoms with E-state index in [1.54, 1.807) is 55.6 Å². The Balaban J connectivity index is 1.58. The van der Waals surface area contributed by atoms with E-state index in [4.69, 9.17) is 23.7 Å². The van der Waals surface area contributed by atoms with Gasteiger partial charge >= 0.3 is 0 Å². The Labute approximate surface area is 186 Å². The molecule has 1 heterocycles. The van der Waals surface area contributed by atoms with Gasteiger partial charge in [-0.3, -0.25) is 4.72 Å². The van der Waals surface area contributed by atoms with E-state index in [9.17, 15) is 8.42 Å². The van der Waals surface area contributed by atoms with Crippen molar-refractivity contribution in [2.45, 2.75) is 11.3 Å². The normalized spacial score (nSPS) is 13.1. The Kier molecular flexibility index (Phi) is 6.27. The fraction of sp³-hybridized carbons (Fsp3) is 0.217. The van der Waals surface area contributed by atoms with Crippen LogP contribution in [0.2, 0.25) is 0 Å². The minimum absolute atomic E-state index is 0.0650. The predicted molar refractivity (Wildman–Crippen MR) is 119 cm³/mol. The fourth-order valence-electron chi connectivity index (χ4n) is 3.12. The van der Waals surface area contributed by atoms with Gasteiger partial charge < -0.3 is 23.7 Å². The molecule has 1 aliphatic rings. The molecule has 0 saturated carbocycles. The molecule has 9 heteroatoms. The Bertz CT molecular complexity index is 1190.